The van der Waals surface area contributed by atoms with Crippen molar-refractivity contribution in [2.75, 3.05) is 14.7 Å². The summed E-state index contributed by atoms with van der Waals surface area (Å²) in [5.74, 6) is 2.00. The van der Waals surface area contributed by atoms with E-state index in [0.29, 0.717) is 11.8 Å². The highest BCUT2D eigenvalue weighted by Gasteiger charge is 2.44. The average molecular weight is 855 g/mol. The summed E-state index contributed by atoms with van der Waals surface area (Å²) in [6, 6.07) is 45.9. The molecule has 0 saturated carbocycles. The fourth-order valence-corrected chi connectivity index (χ4v) is 10.8. The van der Waals surface area contributed by atoms with Gasteiger partial charge in [-0.25, -0.2) is 0 Å². The molecule has 0 fully saturated rings. The highest BCUT2D eigenvalue weighted by molar-refractivity contribution is 6.20. The Hall–Kier alpha value is -6.46. The summed E-state index contributed by atoms with van der Waals surface area (Å²) in [4.78, 5) is 7.73. The third-order valence-corrected chi connectivity index (χ3v) is 14.4. The van der Waals surface area contributed by atoms with Gasteiger partial charge < -0.3 is 14.2 Å². The van der Waals surface area contributed by atoms with Crippen LogP contribution in [0.3, 0.4) is 0 Å². The number of hydrogen-bond donors (Lipinski definition) is 0. The van der Waals surface area contributed by atoms with Crippen molar-refractivity contribution in [3.63, 3.8) is 0 Å². The topological polar surface area (TPSA) is 27.8 Å². The average Bonchev–Trinajstić information content (AvgIpc) is 3.79. The first-order chi connectivity index (χ1) is 30.9. The van der Waals surface area contributed by atoms with Crippen molar-refractivity contribution in [2.45, 2.75) is 106 Å². The lowest BCUT2D eigenvalue weighted by Crippen LogP contribution is -2.33. The molecule has 0 amide bonds. The summed E-state index contributed by atoms with van der Waals surface area (Å²) < 4.78 is 9.29. The molecule has 0 bridgehead atoms. The van der Waals surface area contributed by atoms with E-state index < -0.39 is 0 Å². The van der Waals surface area contributed by atoms with E-state index in [1.54, 1.807) is 0 Å². The van der Waals surface area contributed by atoms with Crippen LogP contribution in [0.2, 0.25) is 0 Å². The molecule has 8 aromatic rings. The number of rotatable bonds is 4. The maximum Gasteiger partial charge on any atom is 0.148 e. The molecule has 0 radical (unpaired) electrons. The number of furan rings is 1. The zero-order valence-electron chi connectivity index (χ0n) is 40.3. The van der Waals surface area contributed by atoms with Crippen molar-refractivity contribution in [1.29, 1.82) is 0 Å². The van der Waals surface area contributed by atoms with Gasteiger partial charge in [-0.15, -0.1) is 0 Å². The van der Waals surface area contributed by atoms with Gasteiger partial charge in [0.05, 0.1) is 39.6 Å². The van der Waals surface area contributed by atoms with Gasteiger partial charge in [-0.3, -0.25) is 9.47 Å². The summed E-state index contributed by atoms with van der Waals surface area (Å²) >= 11 is 0. The van der Waals surface area contributed by atoms with Crippen LogP contribution >= 0.6 is 0 Å². The van der Waals surface area contributed by atoms with Crippen molar-refractivity contribution in [2.24, 2.45) is 11.8 Å². The third-order valence-electron chi connectivity index (χ3n) is 14.4. The molecule has 1 unspecified atom stereocenters. The van der Waals surface area contributed by atoms with Gasteiger partial charge in [-0.1, -0.05) is 149 Å². The van der Waals surface area contributed by atoms with E-state index in [-0.39, 0.29) is 16.2 Å². The van der Waals surface area contributed by atoms with Gasteiger partial charge in [-0.05, 0) is 124 Å². The normalized spacial score (nSPS) is 16.3. The van der Waals surface area contributed by atoms with E-state index in [2.05, 4.69) is 236 Å². The molecule has 0 saturated heterocycles. The SMILES string of the molecule is CC(C)C1=CC=C(N2c3cccc4c3N(c3cc(C(C)(C)C)ccc3N4c3ccc(C(C)(C)C)cc3)c3c2c2cc4oc5ccccc5c4cc2n3-c2ccc(C(C)(C)C)cc2)CC1C. The summed E-state index contributed by atoms with van der Waals surface area (Å²) in [5, 5.41) is 3.40. The van der Waals surface area contributed by atoms with Crippen molar-refractivity contribution < 1.29 is 4.42 Å². The Balaban J connectivity index is 1.30. The lowest BCUT2D eigenvalue weighted by molar-refractivity contribution is 0.567. The molecule has 1 aliphatic carbocycles. The van der Waals surface area contributed by atoms with Crippen LogP contribution in [0.25, 0.3) is 38.5 Å². The number of benzene rings is 6. The molecule has 6 aromatic carbocycles. The van der Waals surface area contributed by atoms with Crippen LogP contribution in [0, 0.1) is 11.8 Å². The van der Waals surface area contributed by atoms with Gasteiger partial charge in [0, 0.05) is 33.2 Å². The molecule has 65 heavy (non-hydrogen) atoms. The van der Waals surface area contributed by atoms with Gasteiger partial charge in [0.1, 0.15) is 17.0 Å². The Kier molecular flexibility index (Phi) is 9.06. The van der Waals surface area contributed by atoms with Gasteiger partial charge in [0.15, 0.2) is 0 Å². The van der Waals surface area contributed by atoms with Crippen LogP contribution in [0.5, 0.6) is 0 Å². The molecule has 3 aliphatic rings. The number of fused-ring (bicyclic) bond motifs is 9. The second kappa shape index (κ2) is 14.3. The Bertz CT molecular complexity index is 3280. The standard InChI is InChI=1S/C60H62N4O/c1-36(2)44-30-29-43(32-37(44)3)62-50-18-15-17-49-56(50)64(52-33-40(60(10,11)12)24-31-48(52)61(49)41-25-20-38(21-26-41)58(4,5)6)57-55(62)47-35-54-46(45-16-13-14-19-53(45)65-54)34-51(47)63(57)42-27-22-39(23-28-42)59(7,8)9/h13-31,33-37H,32H2,1-12H3. The maximum atomic E-state index is 6.74. The van der Waals surface area contributed by atoms with Crippen LogP contribution in [-0.2, 0) is 16.2 Å². The third kappa shape index (κ3) is 6.40. The Morgan fingerprint density at radius 1 is 0.508 bits per heavy atom. The summed E-state index contributed by atoms with van der Waals surface area (Å²) in [6.07, 6.45) is 5.74. The van der Waals surface area contributed by atoms with Gasteiger partial charge >= 0.3 is 0 Å². The first-order valence-electron chi connectivity index (χ1n) is 23.7. The van der Waals surface area contributed by atoms with E-state index in [1.807, 2.05) is 0 Å². The van der Waals surface area contributed by atoms with Crippen molar-refractivity contribution >= 4 is 78.5 Å². The molecule has 2 aromatic heterocycles. The van der Waals surface area contributed by atoms with Crippen LogP contribution in [0.1, 0.15) is 106 Å². The molecule has 2 aliphatic heterocycles. The van der Waals surface area contributed by atoms with Crippen molar-refractivity contribution in [3.8, 4) is 5.69 Å². The second-order valence-corrected chi connectivity index (χ2v) is 22.3. The minimum Gasteiger partial charge on any atom is -0.456 e. The number of allylic oxidation sites excluding steroid dienone is 4. The van der Waals surface area contributed by atoms with Crippen molar-refractivity contribution in [3.05, 3.63) is 161 Å². The summed E-state index contributed by atoms with van der Waals surface area (Å²) in [5.41, 5.74) is 18.9. The minimum absolute atomic E-state index is 0.0133. The Morgan fingerprint density at radius 2 is 1.12 bits per heavy atom. The number of aromatic nitrogens is 1. The van der Waals surface area contributed by atoms with Crippen LogP contribution in [0.15, 0.2) is 149 Å². The van der Waals surface area contributed by atoms with E-state index in [4.69, 9.17) is 4.42 Å². The van der Waals surface area contributed by atoms with Gasteiger partial charge in [0.25, 0.3) is 0 Å². The second-order valence-electron chi connectivity index (χ2n) is 22.3. The smallest absolute Gasteiger partial charge is 0.148 e. The van der Waals surface area contributed by atoms with Crippen LogP contribution < -0.4 is 14.7 Å². The van der Waals surface area contributed by atoms with Crippen LogP contribution in [0.4, 0.5) is 45.6 Å². The quantitative estimate of drug-likeness (QED) is 0.176. The van der Waals surface area contributed by atoms with E-state index in [9.17, 15) is 0 Å². The summed E-state index contributed by atoms with van der Waals surface area (Å²) in [7, 11) is 0. The predicted molar refractivity (Wildman–Crippen MR) is 277 cm³/mol. The number of anilines is 8. The first kappa shape index (κ1) is 41.3. The molecule has 5 heteroatoms. The van der Waals surface area contributed by atoms with E-state index >= 15 is 0 Å². The fourth-order valence-electron chi connectivity index (χ4n) is 10.8. The molecule has 1 atom stereocenters. The summed E-state index contributed by atoms with van der Waals surface area (Å²) in [6.45, 7) is 27.8. The number of nitrogens with zero attached hydrogens (tertiary/aromatic N) is 4. The van der Waals surface area contributed by atoms with Gasteiger partial charge in [-0.2, -0.15) is 0 Å². The Morgan fingerprint density at radius 3 is 1.75 bits per heavy atom. The van der Waals surface area contributed by atoms with Crippen molar-refractivity contribution in [1.82, 2.24) is 4.57 Å². The van der Waals surface area contributed by atoms with E-state index in [0.717, 1.165) is 73.5 Å². The molecule has 11 rings (SSSR count). The lowest BCUT2D eigenvalue weighted by atomic mass is 9.84. The Labute approximate surface area is 385 Å². The maximum absolute atomic E-state index is 6.74. The highest BCUT2D eigenvalue weighted by atomic mass is 16.3. The first-order valence-corrected chi connectivity index (χ1v) is 23.7. The van der Waals surface area contributed by atoms with Gasteiger partial charge in [0.2, 0.25) is 0 Å². The molecule has 328 valence electrons. The number of para-hydroxylation sites is 2. The largest absolute Gasteiger partial charge is 0.456 e. The molecule has 0 spiro atoms. The zero-order valence-corrected chi connectivity index (χ0v) is 40.3. The molecular weight excluding hydrogens is 793 g/mol. The molecule has 4 heterocycles. The van der Waals surface area contributed by atoms with E-state index in [1.165, 1.54) is 45.0 Å². The monoisotopic (exact) mass is 854 g/mol. The number of hydrogen-bond acceptors (Lipinski definition) is 4. The minimum atomic E-state index is -0.0802. The molecular formula is C60H62N4O. The van der Waals surface area contributed by atoms with Crippen LogP contribution in [-0.4, -0.2) is 4.57 Å². The molecule has 5 nitrogen and oxygen atoms in total. The zero-order chi connectivity index (χ0) is 45.5. The molecule has 0 N–H and O–H groups in total. The lowest BCUT2D eigenvalue weighted by Gasteiger charge is -2.47. The fraction of sp³-hybridized carbons (Fsp3) is 0.300. The highest BCUT2D eigenvalue weighted by Crippen LogP contribution is 2.65. The predicted octanol–water partition coefficient (Wildman–Crippen LogP) is 17.6.